The predicted octanol–water partition coefficient (Wildman–Crippen LogP) is 7.01. The lowest BCUT2D eigenvalue weighted by molar-refractivity contribution is -0.121. The molecule has 0 bridgehead atoms. The molecular formula is C28H43NO2. The lowest BCUT2D eigenvalue weighted by Crippen LogP contribution is -2.33. The van der Waals surface area contributed by atoms with Gasteiger partial charge in [-0.15, -0.1) is 0 Å². The highest BCUT2D eigenvalue weighted by molar-refractivity contribution is 5.75. The van der Waals surface area contributed by atoms with Crippen LogP contribution in [0.3, 0.4) is 0 Å². The Labute approximate surface area is 190 Å². The molecule has 1 atom stereocenters. The van der Waals surface area contributed by atoms with Crippen LogP contribution in [0.1, 0.15) is 71.1 Å². The van der Waals surface area contributed by atoms with Gasteiger partial charge in [-0.2, -0.15) is 0 Å². The highest BCUT2D eigenvalue weighted by atomic mass is 16.5. The first-order chi connectivity index (χ1) is 15.3. The first-order valence-electron chi connectivity index (χ1n) is 12.1. The van der Waals surface area contributed by atoms with Crippen molar-refractivity contribution in [3.8, 4) is 0 Å². The quantitative estimate of drug-likeness (QED) is 0.270. The molecule has 0 radical (unpaired) electrons. The summed E-state index contributed by atoms with van der Waals surface area (Å²) in [6, 6.07) is 0. The van der Waals surface area contributed by atoms with Crippen molar-refractivity contribution in [1.29, 1.82) is 0 Å². The number of carbonyl (C=O) groups is 1. The predicted molar refractivity (Wildman–Crippen MR) is 134 cm³/mol. The molecule has 1 N–H and O–H groups in total. The van der Waals surface area contributed by atoms with Crippen LogP contribution < -0.4 is 5.32 Å². The number of ether oxygens (including phenoxy) is 1. The Balaban J connectivity index is 1.93. The van der Waals surface area contributed by atoms with Crippen LogP contribution in [-0.4, -0.2) is 25.7 Å². The number of hydrogen-bond acceptors (Lipinski definition) is 2. The number of rotatable bonds is 16. The first kappa shape index (κ1) is 26.9. The fourth-order valence-electron chi connectivity index (χ4n) is 3.17. The van der Waals surface area contributed by atoms with Gasteiger partial charge in [0.25, 0.3) is 0 Å². The van der Waals surface area contributed by atoms with Gasteiger partial charge in [-0.1, -0.05) is 79.8 Å². The van der Waals surface area contributed by atoms with Crippen molar-refractivity contribution in [1.82, 2.24) is 5.32 Å². The van der Waals surface area contributed by atoms with Crippen molar-refractivity contribution in [3.63, 3.8) is 0 Å². The lowest BCUT2D eigenvalue weighted by Gasteiger charge is -2.22. The molecule has 3 nitrogen and oxygen atoms in total. The normalized spacial score (nSPS) is 18.0. The second-order valence-corrected chi connectivity index (χ2v) is 7.84. The van der Waals surface area contributed by atoms with Gasteiger partial charge >= 0.3 is 0 Å². The smallest absolute Gasteiger partial charge is 0.220 e. The lowest BCUT2D eigenvalue weighted by atomic mass is 10.0. The van der Waals surface area contributed by atoms with Gasteiger partial charge in [-0.3, -0.25) is 4.79 Å². The van der Waals surface area contributed by atoms with E-state index in [-0.39, 0.29) is 5.91 Å². The zero-order chi connectivity index (χ0) is 22.2. The van der Waals surface area contributed by atoms with Gasteiger partial charge in [0.05, 0.1) is 6.61 Å². The van der Waals surface area contributed by atoms with E-state index in [0.29, 0.717) is 12.3 Å². The number of carbonyl (C=O) groups excluding carboxylic acids is 1. The van der Waals surface area contributed by atoms with Crippen molar-refractivity contribution in [2.45, 2.75) is 71.1 Å². The number of hydrogen-bond donors (Lipinski definition) is 1. The molecule has 1 saturated heterocycles. The molecule has 1 heterocycles. The van der Waals surface area contributed by atoms with Crippen LogP contribution in [-0.2, 0) is 9.53 Å². The molecule has 172 valence electrons. The SMILES string of the molecule is CC/C=C\C/C=C\C/C=C\C/C=C\C/C=C\C/C=C\CCC(=O)NCC1CCCOC1. The molecule has 0 aromatic heterocycles. The maximum Gasteiger partial charge on any atom is 0.220 e. The second-order valence-electron chi connectivity index (χ2n) is 7.84. The Hall–Kier alpha value is -2.13. The molecular weight excluding hydrogens is 382 g/mol. The molecule has 0 aromatic carbocycles. The molecule has 1 amide bonds. The summed E-state index contributed by atoms with van der Waals surface area (Å²) in [6.07, 6.45) is 36.0. The van der Waals surface area contributed by atoms with Crippen LogP contribution in [0.5, 0.6) is 0 Å². The summed E-state index contributed by atoms with van der Waals surface area (Å²) in [6.45, 7) is 4.56. The summed E-state index contributed by atoms with van der Waals surface area (Å²) in [5, 5.41) is 3.03. The van der Waals surface area contributed by atoms with Crippen LogP contribution in [0.15, 0.2) is 72.9 Å². The highest BCUT2D eigenvalue weighted by Crippen LogP contribution is 2.12. The molecule has 0 aromatic rings. The summed E-state index contributed by atoms with van der Waals surface area (Å²) in [5.41, 5.74) is 0. The van der Waals surface area contributed by atoms with Crippen LogP contribution in [0.4, 0.5) is 0 Å². The van der Waals surface area contributed by atoms with Gasteiger partial charge in [0.15, 0.2) is 0 Å². The molecule has 1 aliphatic heterocycles. The monoisotopic (exact) mass is 425 g/mol. The van der Waals surface area contributed by atoms with Gasteiger partial charge in [0.2, 0.25) is 5.91 Å². The maximum absolute atomic E-state index is 11.9. The van der Waals surface area contributed by atoms with E-state index < -0.39 is 0 Å². The molecule has 1 rings (SSSR count). The van der Waals surface area contributed by atoms with E-state index in [9.17, 15) is 4.79 Å². The van der Waals surface area contributed by atoms with Crippen LogP contribution in [0.2, 0.25) is 0 Å². The fraction of sp³-hybridized carbons (Fsp3) is 0.536. The Kier molecular flexibility index (Phi) is 18.3. The summed E-state index contributed by atoms with van der Waals surface area (Å²) in [7, 11) is 0. The van der Waals surface area contributed by atoms with E-state index in [1.54, 1.807) is 0 Å². The van der Waals surface area contributed by atoms with Gasteiger partial charge < -0.3 is 10.1 Å². The van der Waals surface area contributed by atoms with Gasteiger partial charge in [-0.05, 0) is 63.7 Å². The third-order valence-electron chi connectivity index (χ3n) is 4.98. The highest BCUT2D eigenvalue weighted by Gasteiger charge is 2.14. The van der Waals surface area contributed by atoms with Gasteiger partial charge in [0, 0.05) is 19.6 Å². The van der Waals surface area contributed by atoms with Crippen molar-refractivity contribution in [2.75, 3.05) is 19.8 Å². The van der Waals surface area contributed by atoms with E-state index in [0.717, 1.165) is 77.5 Å². The van der Waals surface area contributed by atoms with Crippen molar-refractivity contribution in [2.24, 2.45) is 5.92 Å². The van der Waals surface area contributed by atoms with Crippen molar-refractivity contribution >= 4 is 5.91 Å². The summed E-state index contributed by atoms with van der Waals surface area (Å²) in [4.78, 5) is 11.9. The number of nitrogens with one attached hydrogen (secondary N) is 1. The molecule has 0 saturated carbocycles. The molecule has 1 aliphatic rings. The standard InChI is InChI=1S/C28H43NO2/c1-2-3-4-5-6-7-8-9-10-11-12-13-14-15-16-17-18-19-20-23-28(30)29-25-27-22-21-24-31-26-27/h3-4,6-7,9-10,12-13,15-16,18-19,27H,2,5,8,11,14,17,20-26H2,1H3,(H,29,30)/b4-3-,7-6-,10-9-,13-12-,16-15-,19-18-. The van der Waals surface area contributed by atoms with Crippen LogP contribution in [0, 0.1) is 5.92 Å². The second kappa shape index (κ2) is 21.1. The van der Waals surface area contributed by atoms with Crippen LogP contribution >= 0.6 is 0 Å². The molecule has 1 fully saturated rings. The third-order valence-corrected chi connectivity index (χ3v) is 4.98. The van der Waals surface area contributed by atoms with E-state index >= 15 is 0 Å². The third kappa shape index (κ3) is 18.4. The van der Waals surface area contributed by atoms with E-state index in [1.807, 2.05) is 0 Å². The Bertz CT molecular complexity index is 605. The molecule has 31 heavy (non-hydrogen) atoms. The Morgan fingerprint density at radius 1 is 0.806 bits per heavy atom. The zero-order valence-corrected chi connectivity index (χ0v) is 19.5. The number of allylic oxidation sites excluding steroid dienone is 12. The van der Waals surface area contributed by atoms with Gasteiger partial charge in [-0.25, -0.2) is 0 Å². The first-order valence-corrected chi connectivity index (χ1v) is 12.1. The molecule has 0 aliphatic carbocycles. The Morgan fingerprint density at radius 3 is 1.81 bits per heavy atom. The zero-order valence-electron chi connectivity index (χ0n) is 19.5. The largest absolute Gasteiger partial charge is 0.381 e. The minimum absolute atomic E-state index is 0.144. The van der Waals surface area contributed by atoms with Gasteiger partial charge in [0.1, 0.15) is 0 Å². The summed E-state index contributed by atoms with van der Waals surface area (Å²) < 4.78 is 5.44. The minimum atomic E-state index is 0.144. The summed E-state index contributed by atoms with van der Waals surface area (Å²) in [5.74, 6) is 0.633. The average molecular weight is 426 g/mol. The summed E-state index contributed by atoms with van der Waals surface area (Å²) >= 11 is 0. The van der Waals surface area contributed by atoms with E-state index in [2.05, 4.69) is 85.2 Å². The number of amides is 1. The molecule has 1 unspecified atom stereocenters. The van der Waals surface area contributed by atoms with Crippen molar-refractivity contribution < 1.29 is 9.53 Å². The minimum Gasteiger partial charge on any atom is -0.381 e. The topological polar surface area (TPSA) is 38.3 Å². The molecule has 0 spiro atoms. The Morgan fingerprint density at radius 2 is 1.32 bits per heavy atom. The molecule has 3 heteroatoms. The van der Waals surface area contributed by atoms with Crippen LogP contribution in [0.25, 0.3) is 0 Å². The average Bonchev–Trinajstić information content (AvgIpc) is 2.80. The fourth-order valence-corrected chi connectivity index (χ4v) is 3.17. The van der Waals surface area contributed by atoms with E-state index in [1.165, 1.54) is 0 Å². The maximum atomic E-state index is 11.9. The van der Waals surface area contributed by atoms with Crippen molar-refractivity contribution in [3.05, 3.63) is 72.9 Å². The van der Waals surface area contributed by atoms with E-state index in [4.69, 9.17) is 4.74 Å².